The average molecular weight is 162 g/mol. The zero-order valence-electron chi connectivity index (χ0n) is 7.03. The van der Waals surface area contributed by atoms with Crippen molar-refractivity contribution in [2.45, 2.75) is 6.04 Å². The van der Waals surface area contributed by atoms with Crippen LogP contribution < -0.4 is 5.73 Å². The molecule has 0 saturated heterocycles. The van der Waals surface area contributed by atoms with Crippen LogP contribution in [-0.4, -0.2) is 44.9 Å². The SMILES string of the molecule is COCC(N)C(=O)N(C)OC. The van der Waals surface area contributed by atoms with E-state index in [1.807, 2.05) is 0 Å². The minimum atomic E-state index is -0.648. The van der Waals surface area contributed by atoms with E-state index in [2.05, 4.69) is 4.84 Å². The first-order valence-electron chi connectivity index (χ1n) is 3.19. The summed E-state index contributed by atoms with van der Waals surface area (Å²) in [4.78, 5) is 15.7. The van der Waals surface area contributed by atoms with Crippen molar-refractivity contribution in [1.29, 1.82) is 0 Å². The van der Waals surface area contributed by atoms with Gasteiger partial charge in [-0.3, -0.25) is 9.63 Å². The lowest BCUT2D eigenvalue weighted by Gasteiger charge is -2.17. The van der Waals surface area contributed by atoms with E-state index in [1.165, 1.54) is 21.3 Å². The fourth-order valence-corrected chi connectivity index (χ4v) is 0.574. The second-order valence-corrected chi connectivity index (χ2v) is 2.08. The molecule has 0 rings (SSSR count). The number of carbonyl (C=O) groups is 1. The molecule has 1 amide bonds. The molecule has 0 aromatic rings. The van der Waals surface area contributed by atoms with Crippen molar-refractivity contribution in [2.24, 2.45) is 5.73 Å². The van der Waals surface area contributed by atoms with Gasteiger partial charge in [-0.15, -0.1) is 0 Å². The van der Waals surface area contributed by atoms with Gasteiger partial charge in [0.15, 0.2) is 0 Å². The Bertz CT molecular complexity index is 129. The summed E-state index contributed by atoms with van der Waals surface area (Å²) in [7, 11) is 4.38. The van der Waals surface area contributed by atoms with Gasteiger partial charge in [-0.1, -0.05) is 0 Å². The number of nitrogens with zero attached hydrogens (tertiary/aromatic N) is 1. The Hall–Kier alpha value is -0.650. The number of amides is 1. The van der Waals surface area contributed by atoms with Crippen molar-refractivity contribution >= 4 is 5.91 Å². The van der Waals surface area contributed by atoms with Crippen molar-refractivity contribution in [1.82, 2.24) is 5.06 Å². The molecule has 5 nitrogen and oxygen atoms in total. The number of hydroxylamine groups is 2. The number of rotatable bonds is 4. The van der Waals surface area contributed by atoms with Gasteiger partial charge >= 0.3 is 0 Å². The summed E-state index contributed by atoms with van der Waals surface area (Å²) >= 11 is 0. The highest BCUT2D eigenvalue weighted by molar-refractivity contribution is 5.80. The maximum absolute atomic E-state index is 11.1. The van der Waals surface area contributed by atoms with Crippen LogP contribution in [0.15, 0.2) is 0 Å². The number of hydrogen-bond donors (Lipinski definition) is 1. The van der Waals surface area contributed by atoms with Gasteiger partial charge in [0.05, 0.1) is 13.7 Å². The lowest BCUT2D eigenvalue weighted by atomic mass is 10.3. The van der Waals surface area contributed by atoms with Crippen LogP contribution in [0, 0.1) is 0 Å². The van der Waals surface area contributed by atoms with E-state index in [0.29, 0.717) is 0 Å². The molecule has 0 aliphatic heterocycles. The Morgan fingerprint density at radius 3 is 2.55 bits per heavy atom. The second kappa shape index (κ2) is 5.06. The van der Waals surface area contributed by atoms with Gasteiger partial charge in [-0.05, 0) is 0 Å². The molecule has 0 bridgehead atoms. The predicted molar refractivity (Wildman–Crippen MR) is 39.6 cm³/mol. The van der Waals surface area contributed by atoms with Crippen molar-refractivity contribution in [3.63, 3.8) is 0 Å². The van der Waals surface area contributed by atoms with E-state index in [-0.39, 0.29) is 12.5 Å². The molecule has 1 unspecified atom stereocenters. The molecule has 0 aromatic carbocycles. The minimum absolute atomic E-state index is 0.201. The van der Waals surface area contributed by atoms with Gasteiger partial charge in [0.25, 0.3) is 5.91 Å². The lowest BCUT2D eigenvalue weighted by Crippen LogP contribution is -2.43. The molecule has 0 spiro atoms. The Balaban J connectivity index is 3.81. The molecule has 0 aromatic heterocycles. The van der Waals surface area contributed by atoms with Gasteiger partial charge in [-0.25, -0.2) is 5.06 Å². The summed E-state index contributed by atoms with van der Waals surface area (Å²) < 4.78 is 4.69. The third-order valence-electron chi connectivity index (χ3n) is 1.25. The van der Waals surface area contributed by atoms with Gasteiger partial charge in [0.1, 0.15) is 6.04 Å². The highest BCUT2D eigenvalue weighted by atomic mass is 16.7. The molecule has 0 fully saturated rings. The lowest BCUT2D eigenvalue weighted by molar-refractivity contribution is -0.171. The third-order valence-corrected chi connectivity index (χ3v) is 1.25. The van der Waals surface area contributed by atoms with Crippen LogP contribution in [0.1, 0.15) is 0 Å². The molecular formula is C6H14N2O3. The number of carbonyl (C=O) groups excluding carboxylic acids is 1. The van der Waals surface area contributed by atoms with Crippen LogP contribution >= 0.6 is 0 Å². The highest BCUT2D eigenvalue weighted by Crippen LogP contribution is 1.89. The number of ether oxygens (including phenoxy) is 1. The standard InChI is InChI=1S/C6H14N2O3/c1-8(11-3)6(9)5(7)4-10-2/h5H,4,7H2,1-3H3. The predicted octanol–water partition coefficient (Wildman–Crippen LogP) is -1.02. The summed E-state index contributed by atoms with van der Waals surface area (Å²) in [6.07, 6.45) is 0. The number of methoxy groups -OCH3 is 1. The molecule has 1 atom stereocenters. The van der Waals surface area contributed by atoms with Gasteiger partial charge < -0.3 is 10.5 Å². The molecular weight excluding hydrogens is 148 g/mol. The van der Waals surface area contributed by atoms with Crippen LogP contribution in [0.5, 0.6) is 0 Å². The van der Waals surface area contributed by atoms with Gasteiger partial charge in [-0.2, -0.15) is 0 Å². The van der Waals surface area contributed by atoms with E-state index in [9.17, 15) is 4.79 Å². The van der Waals surface area contributed by atoms with E-state index in [1.54, 1.807) is 0 Å². The Morgan fingerprint density at radius 2 is 2.18 bits per heavy atom. The molecule has 0 radical (unpaired) electrons. The smallest absolute Gasteiger partial charge is 0.265 e. The van der Waals surface area contributed by atoms with E-state index >= 15 is 0 Å². The molecule has 0 heterocycles. The zero-order valence-corrected chi connectivity index (χ0v) is 7.03. The maximum atomic E-state index is 11.1. The van der Waals surface area contributed by atoms with Crippen molar-refractivity contribution < 1.29 is 14.4 Å². The first-order chi connectivity index (χ1) is 5.13. The van der Waals surface area contributed by atoms with Gasteiger partial charge in [0, 0.05) is 14.2 Å². The normalized spacial score (nSPS) is 12.7. The Labute approximate surface area is 66.0 Å². The highest BCUT2D eigenvalue weighted by Gasteiger charge is 2.17. The van der Waals surface area contributed by atoms with E-state index < -0.39 is 6.04 Å². The Morgan fingerprint density at radius 1 is 1.64 bits per heavy atom. The molecule has 66 valence electrons. The molecule has 11 heavy (non-hydrogen) atoms. The summed E-state index contributed by atoms with van der Waals surface area (Å²) in [6, 6.07) is -0.648. The minimum Gasteiger partial charge on any atom is -0.383 e. The first-order valence-corrected chi connectivity index (χ1v) is 3.19. The van der Waals surface area contributed by atoms with Crippen LogP contribution in [0.2, 0.25) is 0 Å². The fourth-order valence-electron chi connectivity index (χ4n) is 0.574. The third kappa shape index (κ3) is 3.31. The molecule has 5 heteroatoms. The Kier molecular flexibility index (Phi) is 4.76. The van der Waals surface area contributed by atoms with E-state index in [0.717, 1.165) is 5.06 Å². The molecule has 0 aliphatic carbocycles. The zero-order chi connectivity index (χ0) is 8.85. The molecule has 0 aliphatic rings. The first kappa shape index (κ1) is 10.3. The van der Waals surface area contributed by atoms with E-state index in [4.69, 9.17) is 10.5 Å². The van der Waals surface area contributed by atoms with Crippen LogP contribution in [-0.2, 0) is 14.4 Å². The van der Waals surface area contributed by atoms with Crippen molar-refractivity contribution in [2.75, 3.05) is 27.9 Å². The van der Waals surface area contributed by atoms with Crippen LogP contribution in [0.25, 0.3) is 0 Å². The second-order valence-electron chi connectivity index (χ2n) is 2.08. The summed E-state index contributed by atoms with van der Waals surface area (Å²) in [5, 5.41) is 1.07. The fraction of sp³-hybridized carbons (Fsp3) is 0.833. The van der Waals surface area contributed by atoms with Crippen LogP contribution in [0.3, 0.4) is 0 Å². The summed E-state index contributed by atoms with van der Waals surface area (Å²) in [5.74, 6) is -0.297. The number of hydrogen-bond acceptors (Lipinski definition) is 4. The van der Waals surface area contributed by atoms with Crippen LogP contribution in [0.4, 0.5) is 0 Å². The topological polar surface area (TPSA) is 64.8 Å². The largest absolute Gasteiger partial charge is 0.383 e. The van der Waals surface area contributed by atoms with Crippen molar-refractivity contribution in [3.8, 4) is 0 Å². The number of nitrogens with two attached hydrogens (primary N) is 1. The van der Waals surface area contributed by atoms with Crippen molar-refractivity contribution in [3.05, 3.63) is 0 Å². The summed E-state index contributed by atoms with van der Waals surface area (Å²) in [5.41, 5.74) is 5.41. The summed E-state index contributed by atoms with van der Waals surface area (Å²) in [6.45, 7) is 0.201. The monoisotopic (exact) mass is 162 g/mol. The molecule has 2 N–H and O–H groups in total. The quantitative estimate of drug-likeness (QED) is 0.537. The average Bonchev–Trinajstić information content (AvgIpc) is 2.02. The van der Waals surface area contributed by atoms with Gasteiger partial charge in [0.2, 0.25) is 0 Å². The molecule has 0 saturated carbocycles. The maximum Gasteiger partial charge on any atom is 0.265 e. The number of likely N-dealkylation sites (N-methyl/N-ethyl adjacent to an activating group) is 1.